The average Bonchev–Trinajstić information content (AvgIpc) is 2.38. The highest BCUT2D eigenvalue weighted by Crippen LogP contribution is 2.39. The molecule has 0 radical (unpaired) electrons. The molecule has 0 heterocycles. The lowest BCUT2D eigenvalue weighted by atomic mass is 9.73. The van der Waals surface area contributed by atoms with E-state index in [1.54, 1.807) is 7.11 Å². The first kappa shape index (κ1) is 14.5. The maximum absolute atomic E-state index is 10.6. The van der Waals surface area contributed by atoms with Crippen molar-refractivity contribution in [2.75, 3.05) is 7.11 Å². The molecule has 1 aromatic rings. The van der Waals surface area contributed by atoms with Gasteiger partial charge in [0.2, 0.25) is 0 Å². The molecule has 1 saturated carbocycles. The molecule has 1 fully saturated rings. The fourth-order valence-electron chi connectivity index (χ4n) is 3.52. The van der Waals surface area contributed by atoms with Gasteiger partial charge in [-0.2, -0.15) is 0 Å². The summed E-state index contributed by atoms with van der Waals surface area (Å²) in [4.78, 5) is 0. The SMILES string of the molecule is COCc1ccc(C(O)C2CC(C)CC(C)C2)cc1. The van der Waals surface area contributed by atoms with Gasteiger partial charge in [0, 0.05) is 7.11 Å². The van der Waals surface area contributed by atoms with Gasteiger partial charge in [0.15, 0.2) is 0 Å². The first-order chi connectivity index (χ1) is 9.10. The Morgan fingerprint density at radius 2 is 1.68 bits per heavy atom. The van der Waals surface area contributed by atoms with Gasteiger partial charge in [-0.1, -0.05) is 38.1 Å². The van der Waals surface area contributed by atoms with Crippen LogP contribution in [0, 0.1) is 17.8 Å². The molecule has 2 rings (SSSR count). The van der Waals surface area contributed by atoms with Crippen LogP contribution < -0.4 is 0 Å². The van der Waals surface area contributed by atoms with Gasteiger partial charge < -0.3 is 9.84 Å². The van der Waals surface area contributed by atoms with Gasteiger partial charge in [-0.3, -0.25) is 0 Å². The Morgan fingerprint density at radius 3 is 2.21 bits per heavy atom. The Morgan fingerprint density at radius 1 is 1.11 bits per heavy atom. The maximum Gasteiger partial charge on any atom is 0.0818 e. The Kier molecular flexibility index (Phi) is 5.00. The second kappa shape index (κ2) is 6.53. The van der Waals surface area contributed by atoms with Crippen molar-refractivity contribution in [3.05, 3.63) is 35.4 Å². The van der Waals surface area contributed by atoms with Gasteiger partial charge in [0.1, 0.15) is 0 Å². The third kappa shape index (κ3) is 3.80. The summed E-state index contributed by atoms with van der Waals surface area (Å²) < 4.78 is 5.11. The molecule has 0 aromatic heterocycles. The second-order valence-corrected chi connectivity index (χ2v) is 6.30. The van der Waals surface area contributed by atoms with Crippen LogP contribution in [-0.4, -0.2) is 12.2 Å². The molecule has 0 spiro atoms. The minimum Gasteiger partial charge on any atom is -0.388 e. The number of methoxy groups -OCH3 is 1. The van der Waals surface area contributed by atoms with Crippen LogP contribution in [0.4, 0.5) is 0 Å². The van der Waals surface area contributed by atoms with Crippen LogP contribution in [-0.2, 0) is 11.3 Å². The van der Waals surface area contributed by atoms with Crippen molar-refractivity contribution in [1.82, 2.24) is 0 Å². The fourth-order valence-corrected chi connectivity index (χ4v) is 3.52. The van der Waals surface area contributed by atoms with E-state index >= 15 is 0 Å². The van der Waals surface area contributed by atoms with Gasteiger partial charge in [-0.25, -0.2) is 0 Å². The highest BCUT2D eigenvalue weighted by Gasteiger charge is 2.29. The van der Waals surface area contributed by atoms with Crippen molar-refractivity contribution < 1.29 is 9.84 Å². The van der Waals surface area contributed by atoms with E-state index in [2.05, 4.69) is 26.0 Å². The largest absolute Gasteiger partial charge is 0.388 e. The first-order valence-corrected chi connectivity index (χ1v) is 7.36. The van der Waals surface area contributed by atoms with Crippen molar-refractivity contribution in [1.29, 1.82) is 0 Å². The zero-order valence-electron chi connectivity index (χ0n) is 12.3. The normalized spacial score (nSPS) is 29.2. The van der Waals surface area contributed by atoms with E-state index < -0.39 is 0 Å². The third-order valence-electron chi connectivity index (χ3n) is 4.29. The van der Waals surface area contributed by atoms with Crippen LogP contribution in [0.3, 0.4) is 0 Å². The number of aliphatic hydroxyl groups is 1. The summed E-state index contributed by atoms with van der Waals surface area (Å²) in [6.45, 7) is 5.24. The molecule has 1 aliphatic carbocycles. The van der Waals surface area contributed by atoms with Gasteiger partial charge in [0.05, 0.1) is 12.7 Å². The smallest absolute Gasteiger partial charge is 0.0818 e. The first-order valence-electron chi connectivity index (χ1n) is 7.36. The molecule has 3 unspecified atom stereocenters. The van der Waals surface area contributed by atoms with Gasteiger partial charge in [-0.05, 0) is 48.1 Å². The van der Waals surface area contributed by atoms with Crippen LogP contribution in [0.15, 0.2) is 24.3 Å². The van der Waals surface area contributed by atoms with Gasteiger partial charge >= 0.3 is 0 Å². The molecule has 2 nitrogen and oxygen atoms in total. The van der Waals surface area contributed by atoms with Crippen LogP contribution in [0.5, 0.6) is 0 Å². The molecule has 1 N–H and O–H groups in total. The Bertz CT molecular complexity index is 375. The average molecular weight is 262 g/mol. The lowest BCUT2D eigenvalue weighted by molar-refractivity contribution is 0.0551. The summed E-state index contributed by atoms with van der Waals surface area (Å²) in [6, 6.07) is 8.20. The van der Waals surface area contributed by atoms with Crippen LogP contribution in [0.2, 0.25) is 0 Å². The van der Waals surface area contributed by atoms with Crippen LogP contribution in [0.25, 0.3) is 0 Å². The van der Waals surface area contributed by atoms with Gasteiger partial charge in [-0.15, -0.1) is 0 Å². The number of hydrogen-bond donors (Lipinski definition) is 1. The Hall–Kier alpha value is -0.860. The lowest BCUT2D eigenvalue weighted by Crippen LogP contribution is -2.24. The summed E-state index contributed by atoms with van der Waals surface area (Å²) in [5, 5.41) is 10.6. The van der Waals surface area contributed by atoms with E-state index in [1.807, 2.05) is 12.1 Å². The predicted octanol–water partition coefficient (Wildman–Crippen LogP) is 3.94. The van der Waals surface area contributed by atoms with Crippen molar-refractivity contribution in [3.8, 4) is 0 Å². The molecule has 3 atom stereocenters. The number of benzene rings is 1. The molecule has 0 bridgehead atoms. The van der Waals surface area contributed by atoms with Crippen molar-refractivity contribution in [2.24, 2.45) is 17.8 Å². The summed E-state index contributed by atoms with van der Waals surface area (Å²) in [5.74, 6) is 1.87. The fraction of sp³-hybridized carbons (Fsp3) is 0.647. The van der Waals surface area contributed by atoms with Crippen LogP contribution in [0.1, 0.15) is 50.3 Å². The zero-order chi connectivity index (χ0) is 13.8. The van der Waals surface area contributed by atoms with E-state index in [4.69, 9.17) is 4.74 Å². The standard InChI is InChI=1S/C17H26O2/c1-12-8-13(2)10-16(9-12)17(18)15-6-4-14(5-7-15)11-19-3/h4-7,12-13,16-18H,8-11H2,1-3H3. The lowest BCUT2D eigenvalue weighted by Gasteiger charge is -2.34. The number of aliphatic hydroxyl groups excluding tert-OH is 1. The molecular formula is C17H26O2. The molecule has 106 valence electrons. The quantitative estimate of drug-likeness (QED) is 0.890. The van der Waals surface area contributed by atoms with E-state index in [-0.39, 0.29) is 6.10 Å². The number of hydrogen-bond acceptors (Lipinski definition) is 2. The highest BCUT2D eigenvalue weighted by atomic mass is 16.5. The summed E-state index contributed by atoms with van der Waals surface area (Å²) in [7, 11) is 1.70. The molecule has 1 aromatic carbocycles. The van der Waals surface area contributed by atoms with Gasteiger partial charge in [0.25, 0.3) is 0 Å². The topological polar surface area (TPSA) is 29.5 Å². The predicted molar refractivity (Wildman–Crippen MR) is 77.8 cm³/mol. The Labute approximate surface area is 116 Å². The molecule has 0 saturated heterocycles. The molecule has 0 aliphatic heterocycles. The second-order valence-electron chi connectivity index (χ2n) is 6.30. The van der Waals surface area contributed by atoms with Crippen molar-refractivity contribution in [3.63, 3.8) is 0 Å². The van der Waals surface area contributed by atoms with E-state index in [9.17, 15) is 5.11 Å². The molecule has 1 aliphatic rings. The monoisotopic (exact) mass is 262 g/mol. The van der Waals surface area contributed by atoms with E-state index in [0.29, 0.717) is 12.5 Å². The summed E-state index contributed by atoms with van der Waals surface area (Å²) >= 11 is 0. The number of rotatable bonds is 4. The van der Waals surface area contributed by atoms with Crippen molar-refractivity contribution >= 4 is 0 Å². The zero-order valence-corrected chi connectivity index (χ0v) is 12.3. The third-order valence-corrected chi connectivity index (χ3v) is 4.29. The molecule has 2 heteroatoms. The number of ether oxygens (including phenoxy) is 1. The van der Waals surface area contributed by atoms with Crippen LogP contribution >= 0.6 is 0 Å². The minimum atomic E-state index is -0.318. The summed E-state index contributed by atoms with van der Waals surface area (Å²) in [6.07, 6.45) is 3.27. The molecular weight excluding hydrogens is 236 g/mol. The molecule has 0 amide bonds. The highest BCUT2D eigenvalue weighted by molar-refractivity contribution is 5.24. The Balaban J connectivity index is 2.03. The molecule has 19 heavy (non-hydrogen) atoms. The maximum atomic E-state index is 10.6. The van der Waals surface area contributed by atoms with Crippen molar-refractivity contribution in [2.45, 2.75) is 45.8 Å². The van der Waals surface area contributed by atoms with E-state index in [0.717, 1.165) is 35.8 Å². The minimum absolute atomic E-state index is 0.318. The summed E-state index contributed by atoms with van der Waals surface area (Å²) in [5.41, 5.74) is 2.20. The van der Waals surface area contributed by atoms with E-state index in [1.165, 1.54) is 6.42 Å².